The number of morpholine rings is 1. The fraction of sp³-hybridized carbons (Fsp3) is 0.818. The van der Waals surface area contributed by atoms with Gasteiger partial charge in [-0.15, -0.1) is 0 Å². The van der Waals surface area contributed by atoms with Crippen molar-refractivity contribution in [2.45, 2.75) is 44.4 Å². The van der Waals surface area contributed by atoms with Crippen molar-refractivity contribution in [3.05, 3.63) is 0 Å². The smallest absolute Gasteiger partial charge is 0.411 e. The molecule has 2 fully saturated rings. The Hall–Kier alpha value is -0.780. The molecule has 0 unspecified atom stereocenters. The predicted octanol–water partition coefficient (Wildman–Crippen LogP) is 1.69. The maximum Gasteiger partial charge on any atom is 0.411 e. The van der Waals surface area contributed by atoms with Gasteiger partial charge >= 0.3 is 12.1 Å². The minimum absolute atomic E-state index is 0.332. The van der Waals surface area contributed by atoms with Crippen molar-refractivity contribution >= 4 is 28.0 Å². The Kier molecular flexibility index (Phi) is 2.88. The van der Waals surface area contributed by atoms with Crippen LogP contribution in [0.25, 0.3) is 0 Å². The third-order valence-electron chi connectivity index (χ3n) is 2.86. The van der Waals surface area contributed by atoms with E-state index in [0.29, 0.717) is 18.3 Å². The maximum atomic E-state index is 11.9. The number of nitrogens with zero attached hydrogens (tertiary/aromatic N) is 1. The number of esters is 1. The summed E-state index contributed by atoms with van der Waals surface area (Å²) in [4.78, 5) is 25.0. The second-order valence-corrected chi connectivity index (χ2v) is 6.13. The lowest BCUT2D eigenvalue weighted by atomic mass is 10.1. The molecule has 2 bridgehead atoms. The fourth-order valence-corrected chi connectivity index (χ4v) is 2.67. The van der Waals surface area contributed by atoms with E-state index in [2.05, 4.69) is 15.9 Å². The topological polar surface area (TPSA) is 55.8 Å². The second kappa shape index (κ2) is 3.86. The van der Waals surface area contributed by atoms with E-state index < -0.39 is 23.3 Å². The molecule has 2 saturated heterocycles. The van der Waals surface area contributed by atoms with Crippen LogP contribution in [0, 0.1) is 0 Å². The third kappa shape index (κ3) is 2.27. The minimum Gasteiger partial charge on any atom is -0.455 e. The molecule has 0 aromatic carbocycles. The number of fused-ring (bicyclic) bond motifs is 2. The molecule has 17 heavy (non-hydrogen) atoms. The van der Waals surface area contributed by atoms with Gasteiger partial charge in [0.25, 0.3) is 0 Å². The summed E-state index contributed by atoms with van der Waals surface area (Å²) in [5.74, 6) is -0.332. The molecule has 0 radical (unpaired) electrons. The number of ether oxygens (including phenoxy) is 2. The normalized spacial score (nSPS) is 31.6. The average molecular weight is 306 g/mol. The first-order chi connectivity index (χ1) is 7.76. The van der Waals surface area contributed by atoms with Crippen molar-refractivity contribution in [1.82, 2.24) is 4.90 Å². The zero-order chi connectivity index (χ0) is 12.8. The lowest BCUT2D eigenvalue weighted by Crippen LogP contribution is -2.50. The van der Waals surface area contributed by atoms with Gasteiger partial charge in [-0.3, -0.25) is 4.90 Å². The first-order valence-electron chi connectivity index (χ1n) is 5.55. The van der Waals surface area contributed by atoms with Crippen LogP contribution in [0.15, 0.2) is 0 Å². The molecule has 5 nitrogen and oxygen atoms in total. The highest BCUT2D eigenvalue weighted by Crippen LogP contribution is 2.40. The largest absolute Gasteiger partial charge is 0.455 e. The number of hydrogen-bond acceptors (Lipinski definition) is 4. The molecule has 2 aliphatic rings. The minimum atomic E-state index is -0.557. The van der Waals surface area contributed by atoms with E-state index in [9.17, 15) is 9.59 Å². The molecule has 2 atom stereocenters. The molecule has 1 amide bonds. The molecular formula is C11H16BrNO4. The van der Waals surface area contributed by atoms with Crippen LogP contribution >= 0.6 is 15.9 Å². The monoisotopic (exact) mass is 305 g/mol. The summed E-state index contributed by atoms with van der Waals surface area (Å²) >= 11 is 3.33. The third-order valence-corrected chi connectivity index (χ3v) is 3.88. The standard InChI is InChI=1S/C11H16BrNO4/c1-10(2,3)17-9(15)13-6-11(5-12)4-7(13)8(14)16-11/h7H,4-6H2,1-3H3/t7-,11+/m0/s1. The average Bonchev–Trinajstić information content (AvgIpc) is 2.70. The Morgan fingerprint density at radius 2 is 2.29 bits per heavy atom. The first kappa shape index (κ1) is 12.7. The quantitative estimate of drug-likeness (QED) is 0.546. The maximum absolute atomic E-state index is 11.9. The van der Waals surface area contributed by atoms with E-state index in [-0.39, 0.29) is 5.97 Å². The van der Waals surface area contributed by atoms with Gasteiger partial charge in [0.15, 0.2) is 0 Å². The molecule has 0 aromatic rings. The van der Waals surface area contributed by atoms with Gasteiger partial charge in [-0.25, -0.2) is 9.59 Å². The van der Waals surface area contributed by atoms with Crippen LogP contribution in [0.5, 0.6) is 0 Å². The molecule has 6 heteroatoms. The second-order valence-electron chi connectivity index (χ2n) is 5.57. The molecule has 0 spiro atoms. The van der Waals surface area contributed by atoms with Gasteiger partial charge in [-0.05, 0) is 20.8 Å². The van der Waals surface area contributed by atoms with Crippen molar-refractivity contribution in [2.75, 3.05) is 11.9 Å². The molecule has 0 N–H and O–H groups in total. The Labute approximate surface area is 109 Å². The number of likely N-dealkylation sites (tertiary alicyclic amines) is 1. The summed E-state index contributed by atoms with van der Waals surface area (Å²) in [7, 11) is 0. The Morgan fingerprint density at radius 1 is 1.65 bits per heavy atom. The summed E-state index contributed by atoms with van der Waals surface area (Å²) in [6.45, 7) is 5.82. The molecule has 96 valence electrons. The molecule has 2 heterocycles. The zero-order valence-corrected chi connectivity index (χ0v) is 11.7. The highest BCUT2D eigenvalue weighted by atomic mass is 79.9. The summed E-state index contributed by atoms with van der Waals surface area (Å²) in [5, 5.41) is 0.543. The van der Waals surface area contributed by atoms with E-state index in [1.54, 1.807) is 20.8 Å². The van der Waals surface area contributed by atoms with Gasteiger partial charge in [-0.2, -0.15) is 0 Å². The summed E-state index contributed by atoms with van der Waals surface area (Å²) in [6, 6.07) is -0.484. The van der Waals surface area contributed by atoms with Gasteiger partial charge in [0.2, 0.25) is 0 Å². The SMILES string of the molecule is CC(C)(C)OC(=O)N1C[C@]2(CBr)C[C@H]1C(=O)O2. The number of alkyl halides is 1. The van der Waals surface area contributed by atoms with Crippen LogP contribution in [0.4, 0.5) is 4.79 Å². The fourth-order valence-electron chi connectivity index (χ4n) is 2.15. The predicted molar refractivity (Wildman–Crippen MR) is 64.0 cm³/mol. The highest BCUT2D eigenvalue weighted by molar-refractivity contribution is 9.09. The van der Waals surface area contributed by atoms with Gasteiger partial charge in [-0.1, -0.05) is 15.9 Å². The van der Waals surface area contributed by atoms with Gasteiger partial charge < -0.3 is 9.47 Å². The Balaban J connectivity index is 2.10. The number of halogens is 1. The number of carbonyl (C=O) groups excluding carboxylic acids is 2. The van der Waals surface area contributed by atoms with E-state index in [1.807, 2.05) is 0 Å². The summed E-state index contributed by atoms with van der Waals surface area (Å²) in [6.07, 6.45) is 0.109. The lowest BCUT2D eigenvalue weighted by Gasteiger charge is -2.32. The number of amides is 1. The van der Waals surface area contributed by atoms with E-state index in [1.165, 1.54) is 4.90 Å². The number of rotatable bonds is 1. The molecule has 2 aliphatic heterocycles. The first-order valence-corrected chi connectivity index (χ1v) is 6.67. The van der Waals surface area contributed by atoms with E-state index in [4.69, 9.17) is 9.47 Å². The molecule has 0 saturated carbocycles. The van der Waals surface area contributed by atoms with Crippen LogP contribution in [0.1, 0.15) is 27.2 Å². The lowest BCUT2D eigenvalue weighted by molar-refractivity contribution is -0.157. The van der Waals surface area contributed by atoms with Crippen LogP contribution < -0.4 is 0 Å². The summed E-state index contributed by atoms with van der Waals surface area (Å²) < 4.78 is 10.5. The molecular weight excluding hydrogens is 290 g/mol. The van der Waals surface area contributed by atoms with Crippen molar-refractivity contribution in [1.29, 1.82) is 0 Å². The molecule has 2 rings (SSSR count). The van der Waals surface area contributed by atoms with Crippen LogP contribution in [0.2, 0.25) is 0 Å². The van der Waals surface area contributed by atoms with Crippen molar-refractivity contribution < 1.29 is 19.1 Å². The Morgan fingerprint density at radius 3 is 2.76 bits per heavy atom. The van der Waals surface area contributed by atoms with Gasteiger partial charge in [0.05, 0.1) is 6.54 Å². The van der Waals surface area contributed by atoms with Gasteiger partial charge in [0, 0.05) is 11.8 Å². The molecule has 0 aromatic heterocycles. The van der Waals surface area contributed by atoms with Crippen molar-refractivity contribution in [3.8, 4) is 0 Å². The Bertz CT molecular complexity index is 365. The highest BCUT2D eigenvalue weighted by Gasteiger charge is 2.58. The van der Waals surface area contributed by atoms with E-state index >= 15 is 0 Å². The number of hydrogen-bond donors (Lipinski definition) is 0. The zero-order valence-electron chi connectivity index (χ0n) is 10.2. The van der Waals surface area contributed by atoms with Crippen molar-refractivity contribution in [2.24, 2.45) is 0 Å². The molecule has 0 aliphatic carbocycles. The summed E-state index contributed by atoms with van der Waals surface area (Å²) in [5.41, 5.74) is -1.11. The van der Waals surface area contributed by atoms with Crippen LogP contribution in [-0.2, 0) is 14.3 Å². The van der Waals surface area contributed by atoms with E-state index in [0.717, 1.165) is 0 Å². The van der Waals surface area contributed by atoms with Crippen LogP contribution in [0.3, 0.4) is 0 Å². The van der Waals surface area contributed by atoms with Crippen molar-refractivity contribution in [3.63, 3.8) is 0 Å². The number of carbonyl (C=O) groups is 2. The van der Waals surface area contributed by atoms with Crippen LogP contribution in [-0.4, -0.2) is 46.1 Å². The van der Waals surface area contributed by atoms with Gasteiger partial charge in [0.1, 0.15) is 17.2 Å².